The summed E-state index contributed by atoms with van der Waals surface area (Å²) in [5.41, 5.74) is 0.617. The van der Waals surface area contributed by atoms with Crippen molar-refractivity contribution in [3.63, 3.8) is 0 Å². The van der Waals surface area contributed by atoms with Gasteiger partial charge in [0, 0.05) is 16.5 Å². The molecule has 0 aliphatic carbocycles. The van der Waals surface area contributed by atoms with Crippen molar-refractivity contribution in [2.45, 2.75) is 19.8 Å². The SMILES string of the molecule is CCCC(=O)c1ccc(Br)cc1Cl. The number of carbonyl (C=O) groups is 1. The molecule has 0 spiro atoms. The van der Waals surface area contributed by atoms with Crippen LogP contribution in [0.25, 0.3) is 0 Å². The summed E-state index contributed by atoms with van der Waals surface area (Å²) >= 11 is 9.20. The molecular formula is C10H10BrClO. The van der Waals surface area contributed by atoms with Gasteiger partial charge in [0.2, 0.25) is 0 Å². The summed E-state index contributed by atoms with van der Waals surface area (Å²) in [6.45, 7) is 1.98. The predicted molar refractivity (Wildman–Crippen MR) is 58.4 cm³/mol. The molecule has 0 N–H and O–H groups in total. The van der Waals surface area contributed by atoms with Crippen molar-refractivity contribution in [3.05, 3.63) is 33.3 Å². The zero-order valence-electron chi connectivity index (χ0n) is 7.31. The van der Waals surface area contributed by atoms with Crippen LogP contribution in [0, 0.1) is 0 Å². The lowest BCUT2D eigenvalue weighted by Gasteiger charge is -2.02. The van der Waals surface area contributed by atoms with E-state index >= 15 is 0 Å². The maximum atomic E-state index is 11.5. The molecule has 0 saturated heterocycles. The Morgan fingerprint density at radius 3 is 2.77 bits per heavy atom. The third kappa shape index (κ3) is 2.82. The number of ketones is 1. The van der Waals surface area contributed by atoms with E-state index in [9.17, 15) is 4.79 Å². The van der Waals surface area contributed by atoms with E-state index in [1.54, 1.807) is 12.1 Å². The molecule has 13 heavy (non-hydrogen) atoms. The Balaban J connectivity index is 2.95. The maximum Gasteiger partial charge on any atom is 0.164 e. The summed E-state index contributed by atoms with van der Waals surface area (Å²) in [4.78, 5) is 11.5. The molecule has 0 unspecified atom stereocenters. The van der Waals surface area contributed by atoms with E-state index in [0.29, 0.717) is 17.0 Å². The summed E-state index contributed by atoms with van der Waals surface area (Å²) in [6.07, 6.45) is 1.41. The van der Waals surface area contributed by atoms with Crippen molar-refractivity contribution in [1.82, 2.24) is 0 Å². The second-order valence-electron chi connectivity index (χ2n) is 2.80. The van der Waals surface area contributed by atoms with Gasteiger partial charge in [-0.25, -0.2) is 0 Å². The molecule has 0 saturated carbocycles. The summed E-state index contributed by atoms with van der Waals surface area (Å²) < 4.78 is 0.894. The fourth-order valence-electron chi connectivity index (χ4n) is 1.08. The molecule has 0 radical (unpaired) electrons. The average molecular weight is 262 g/mol. The third-order valence-electron chi connectivity index (χ3n) is 1.71. The maximum absolute atomic E-state index is 11.5. The summed E-state index contributed by atoms with van der Waals surface area (Å²) in [7, 11) is 0. The standard InChI is InChI=1S/C10H10BrClO/c1-2-3-10(13)8-5-4-7(11)6-9(8)12/h4-6H,2-3H2,1H3. The van der Waals surface area contributed by atoms with E-state index < -0.39 is 0 Å². The number of benzene rings is 1. The monoisotopic (exact) mass is 260 g/mol. The molecule has 0 fully saturated rings. The first-order chi connectivity index (χ1) is 6.15. The largest absolute Gasteiger partial charge is 0.294 e. The highest BCUT2D eigenvalue weighted by molar-refractivity contribution is 9.10. The third-order valence-corrected chi connectivity index (χ3v) is 2.51. The number of rotatable bonds is 3. The average Bonchev–Trinajstić information content (AvgIpc) is 2.04. The van der Waals surface area contributed by atoms with Crippen molar-refractivity contribution >= 4 is 33.3 Å². The van der Waals surface area contributed by atoms with Crippen LogP contribution in [0.4, 0.5) is 0 Å². The molecule has 70 valence electrons. The van der Waals surface area contributed by atoms with Gasteiger partial charge in [-0.3, -0.25) is 4.79 Å². The number of hydrogen-bond acceptors (Lipinski definition) is 1. The van der Waals surface area contributed by atoms with E-state index in [1.165, 1.54) is 0 Å². The van der Waals surface area contributed by atoms with Crippen LogP contribution in [-0.2, 0) is 0 Å². The van der Waals surface area contributed by atoms with E-state index in [2.05, 4.69) is 15.9 Å². The van der Waals surface area contributed by atoms with Crippen molar-refractivity contribution in [1.29, 1.82) is 0 Å². The second kappa shape index (κ2) is 4.77. The van der Waals surface area contributed by atoms with E-state index in [-0.39, 0.29) is 5.78 Å². The normalized spacial score (nSPS) is 10.1. The van der Waals surface area contributed by atoms with Gasteiger partial charge in [0.1, 0.15) is 0 Å². The van der Waals surface area contributed by atoms with Crippen LogP contribution in [0.2, 0.25) is 5.02 Å². The number of halogens is 2. The Labute approximate surface area is 91.2 Å². The molecule has 1 aromatic carbocycles. The van der Waals surface area contributed by atoms with Crippen LogP contribution in [0.3, 0.4) is 0 Å². The molecule has 0 bridgehead atoms. The van der Waals surface area contributed by atoms with Gasteiger partial charge in [0.25, 0.3) is 0 Å². The van der Waals surface area contributed by atoms with Gasteiger partial charge in [-0.2, -0.15) is 0 Å². The minimum absolute atomic E-state index is 0.111. The van der Waals surface area contributed by atoms with Gasteiger partial charge < -0.3 is 0 Å². The summed E-state index contributed by atoms with van der Waals surface area (Å²) in [5, 5.41) is 0.521. The Kier molecular flexibility index (Phi) is 3.94. The Bertz CT molecular complexity index is 323. The number of hydrogen-bond donors (Lipinski definition) is 0. The van der Waals surface area contributed by atoms with Crippen LogP contribution in [0.1, 0.15) is 30.1 Å². The van der Waals surface area contributed by atoms with Gasteiger partial charge in [0.15, 0.2) is 5.78 Å². The minimum atomic E-state index is 0.111. The smallest absolute Gasteiger partial charge is 0.164 e. The number of carbonyl (C=O) groups excluding carboxylic acids is 1. The van der Waals surface area contributed by atoms with E-state index in [4.69, 9.17) is 11.6 Å². The first-order valence-corrected chi connectivity index (χ1v) is 5.30. The molecule has 1 nitrogen and oxygen atoms in total. The lowest BCUT2D eigenvalue weighted by atomic mass is 10.1. The highest BCUT2D eigenvalue weighted by Gasteiger charge is 2.08. The fraction of sp³-hybridized carbons (Fsp3) is 0.300. The van der Waals surface area contributed by atoms with Crippen LogP contribution < -0.4 is 0 Å². The fourth-order valence-corrected chi connectivity index (χ4v) is 1.86. The molecular weight excluding hydrogens is 251 g/mol. The van der Waals surface area contributed by atoms with Gasteiger partial charge in [-0.1, -0.05) is 34.5 Å². The van der Waals surface area contributed by atoms with Gasteiger partial charge >= 0.3 is 0 Å². The van der Waals surface area contributed by atoms with E-state index in [1.807, 2.05) is 13.0 Å². The van der Waals surface area contributed by atoms with Crippen molar-refractivity contribution < 1.29 is 4.79 Å². The lowest BCUT2D eigenvalue weighted by molar-refractivity contribution is 0.0982. The van der Waals surface area contributed by atoms with E-state index in [0.717, 1.165) is 10.9 Å². The van der Waals surface area contributed by atoms with Crippen molar-refractivity contribution in [2.75, 3.05) is 0 Å². The van der Waals surface area contributed by atoms with Gasteiger partial charge in [-0.15, -0.1) is 0 Å². The van der Waals surface area contributed by atoms with Gasteiger partial charge in [0.05, 0.1) is 5.02 Å². The van der Waals surface area contributed by atoms with Crippen molar-refractivity contribution in [3.8, 4) is 0 Å². The zero-order chi connectivity index (χ0) is 9.84. The van der Waals surface area contributed by atoms with Crippen LogP contribution in [0.5, 0.6) is 0 Å². The van der Waals surface area contributed by atoms with Crippen LogP contribution >= 0.6 is 27.5 Å². The van der Waals surface area contributed by atoms with Crippen LogP contribution in [0.15, 0.2) is 22.7 Å². The summed E-state index contributed by atoms with van der Waals surface area (Å²) in [5.74, 6) is 0.111. The zero-order valence-corrected chi connectivity index (χ0v) is 9.65. The molecule has 0 amide bonds. The highest BCUT2D eigenvalue weighted by atomic mass is 79.9. The molecule has 3 heteroatoms. The number of Topliss-reactive ketones (excluding diaryl/α,β-unsaturated/α-hetero) is 1. The summed E-state index contributed by atoms with van der Waals surface area (Å²) in [6, 6.07) is 5.32. The molecule has 0 aromatic heterocycles. The molecule has 1 rings (SSSR count). The molecule has 0 heterocycles. The first-order valence-electron chi connectivity index (χ1n) is 4.13. The molecule has 0 aliphatic heterocycles. The Hall–Kier alpha value is -0.340. The molecule has 0 atom stereocenters. The van der Waals surface area contributed by atoms with Crippen LogP contribution in [-0.4, -0.2) is 5.78 Å². The quantitative estimate of drug-likeness (QED) is 0.749. The lowest BCUT2D eigenvalue weighted by Crippen LogP contribution is -1.98. The minimum Gasteiger partial charge on any atom is -0.294 e. The second-order valence-corrected chi connectivity index (χ2v) is 4.12. The van der Waals surface area contributed by atoms with Crippen molar-refractivity contribution in [2.24, 2.45) is 0 Å². The first kappa shape index (κ1) is 10.7. The Morgan fingerprint density at radius 2 is 2.23 bits per heavy atom. The topological polar surface area (TPSA) is 17.1 Å². The highest BCUT2D eigenvalue weighted by Crippen LogP contribution is 2.22. The molecule has 0 aliphatic rings. The predicted octanol–water partition coefficient (Wildman–Crippen LogP) is 4.09. The molecule has 1 aromatic rings. The Morgan fingerprint density at radius 1 is 1.54 bits per heavy atom. The van der Waals surface area contributed by atoms with Gasteiger partial charge in [-0.05, 0) is 24.6 Å².